The lowest BCUT2D eigenvalue weighted by Gasteiger charge is -2.26. The highest BCUT2D eigenvalue weighted by Crippen LogP contribution is 2.28. The number of hydrogen-bond donors (Lipinski definition) is 0. The zero-order valence-corrected chi connectivity index (χ0v) is 12.0. The van der Waals surface area contributed by atoms with Gasteiger partial charge in [0.25, 0.3) is 5.91 Å². The van der Waals surface area contributed by atoms with E-state index in [2.05, 4.69) is 9.97 Å². The van der Waals surface area contributed by atoms with Crippen LogP contribution in [0.25, 0.3) is 10.6 Å². The van der Waals surface area contributed by atoms with Crippen molar-refractivity contribution < 1.29 is 9.53 Å². The predicted molar refractivity (Wildman–Crippen MR) is 76.8 cm³/mol. The topological polar surface area (TPSA) is 55.3 Å². The molecular formula is C14H15N3O2S. The van der Waals surface area contributed by atoms with Gasteiger partial charge < -0.3 is 9.64 Å². The number of carbonyl (C=O) groups excluding carboxylic acids is 1. The Morgan fingerprint density at radius 1 is 1.40 bits per heavy atom. The molecule has 5 nitrogen and oxygen atoms in total. The van der Waals surface area contributed by atoms with Gasteiger partial charge in [-0.25, -0.2) is 4.98 Å². The van der Waals surface area contributed by atoms with Crippen molar-refractivity contribution >= 4 is 17.2 Å². The van der Waals surface area contributed by atoms with Gasteiger partial charge in [0.2, 0.25) is 0 Å². The van der Waals surface area contributed by atoms with Crippen LogP contribution in [0.1, 0.15) is 15.4 Å². The first kappa shape index (κ1) is 13.2. The van der Waals surface area contributed by atoms with Crippen LogP contribution < -0.4 is 0 Å². The first-order chi connectivity index (χ1) is 9.75. The lowest BCUT2D eigenvalue weighted by molar-refractivity contribution is 0.0305. The number of ether oxygens (including phenoxy) is 1. The number of amides is 1. The van der Waals surface area contributed by atoms with E-state index in [0.717, 1.165) is 16.3 Å². The van der Waals surface area contributed by atoms with Crippen LogP contribution in [0, 0.1) is 6.92 Å². The van der Waals surface area contributed by atoms with Crippen LogP contribution in [-0.4, -0.2) is 47.1 Å². The number of hydrogen-bond acceptors (Lipinski definition) is 5. The van der Waals surface area contributed by atoms with Crippen molar-refractivity contribution in [3.05, 3.63) is 35.1 Å². The van der Waals surface area contributed by atoms with E-state index >= 15 is 0 Å². The van der Waals surface area contributed by atoms with Gasteiger partial charge >= 0.3 is 0 Å². The minimum Gasteiger partial charge on any atom is -0.378 e. The molecule has 0 atom stereocenters. The molecule has 0 N–H and O–H groups in total. The number of rotatable bonds is 2. The number of pyridine rings is 1. The molecule has 2 aromatic rings. The van der Waals surface area contributed by atoms with Gasteiger partial charge in [-0.3, -0.25) is 9.78 Å². The van der Waals surface area contributed by atoms with Crippen LogP contribution in [0.4, 0.5) is 0 Å². The number of thiazole rings is 1. The minimum absolute atomic E-state index is 0.0541. The molecule has 1 aliphatic heterocycles. The third-order valence-electron chi connectivity index (χ3n) is 3.20. The fourth-order valence-electron chi connectivity index (χ4n) is 2.12. The molecule has 20 heavy (non-hydrogen) atoms. The molecule has 0 radical (unpaired) electrons. The Kier molecular flexibility index (Phi) is 3.75. The number of morpholine rings is 1. The molecule has 3 rings (SSSR count). The predicted octanol–water partition coefficient (Wildman–Crippen LogP) is 1.99. The van der Waals surface area contributed by atoms with Crippen LogP contribution in [0.3, 0.4) is 0 Å². The van der Waals surface area contributed by atoms with E-state index in [0.29, 0.717) is 31.2 Å². The van der Waals surface area contributed by atoms with Crippen molar-refractivity contribution in [1.82, 2.24) is 14.9 Å². The Bertz CT molecular complexity index is 606. The summed E-state index contributed by atoms with van der Waals surface area (Å²) in [5.74, 6) is 0.0541. The van der Waals surface area contributed by atoms with Crippen LogP contribution >= 0.6 is 11.3 Å². The van der Waals surface area contributed by atoms with Crippen molar-refractivity contribution in [3.63, 3.8) is 0 Å². The van der Waals surface area contributed by atoms with Crippen molar-refractivity contribution in [2.24, 2.45) is 0 Å². The standard InChI is InChI=1S/C14H15N3O2S/c1-10-12(14(18)17-5-7-19-8-6-17)20-13(16-10)11-3-2-4-15-9-11/h2-4,9H,5-8H2,1H3. The van der Waals surface area contributed by atoms with Crippen molar-refractivity contribution in [2.75, 3.05) is 26.3 Å². The normalized spacial score (nSPS) is 15.3. The van der Waals surface area contributed by atoms with E-state index in [9.17, 15) is 4.79 Å². The van der Waals surface area contributed by atoms with Gasteiger partial charge in [-0.2, -0.15) is 0 Å². The van der Waals surface area contributed by atoms with E-state index in [1.54, 1.807) is 12.4 Å². The molecule has 0 saturated carbocycles. The monoisotopic (exact) mass is 289 g/mol. The number of aromatic nitrogens is 2. The Morgan fingerprint density at radius 2 is 2.20 bits per heavy atom. The number of nitrogens with zero attached hydrogens (tertiary/aromatic N) is 3. The van der Waals surface area contributed by atoms with Crippen molar-refractivity contribution in [3.8, 4) is 10.6 Å². The van der Waals surface area contributed by atoms with Gasteiger partial charge in [0, 0.05) is 31.0 Å². The molecule has 0 aliphatic carbocycles. The maximum Gasteiger partial charge on any atom is 0.266 e. The third kappa shape index (κ3) is 2.57. The lowest BCUT2D eigenvalue weighted by Crippen LogP contribution is -2.40. The highest BCUT2D eigenvalue weighted by molar-refractivity contribution is 7.17. The second-order valence-corrected chi connectivity index (χ2v) is 5.58. The van der Waals surface area contributed by atoms with Gasteiger partial charge in [-0.1, -0.05) is 0 Å². The molecule has 0 aromatic carbocycles. The Balaban J connectivity index is 1.87. The van der Waals surface area contributed by atoms with E-state index in [1.807, 2.05) is 24.0 Å². The fourth-order valence-corrected chi connectivity index (χ4v) is 3.14. The first-order valence-electron chi connectivity index (χ1n) is 6.50. The molecular weight excluding hydrogens is 274 g/mol. The second kappa shape index (κ2) is 5.68. The molecule has 0 spiro atoms. The SMILES string of the molecule is Cc1nc(-c2cccnc2)sc1C(=O)N1CCOCC1. The Hall–Kier alpha value is -1.79. The van der Waals surface area contributed by atoms with Gasteiger partial charge in [0.15, 0.2) is 0 Å². The minimum atomic E-state index is 0.0541. The second-order valence-electron chi connectivity index (χ2n) is 4.58. The molecule has 104 valence electrons. The van der Waals surface area contributed by atoms with Gasteiger partial charge in [-0.15, -0.1) is 11.3 Å². The van der Waals surface area contributed by atoms with Gasteiger partial charge in [0.1, 0.15) is 9.88 Å². The molecule has 0 unspecified atom stereocenters. The van der Waals surface area contributed by atoms with E-state index < -0.39 is 0 Å². The average molecular weight is 289 g/mol. The molecule has 6 heteroatoms. The van der Waals surface area contributed by atoms with Crippen molar-refractivity contribution in [2.45, 2.75) is 6.92 Å². The summed E-state index contributed by atoms with van der Waals surface area (Å²) in [6, 6.07) is 3.82. The van der Waals surface area contributed by atoms with Gasteiger partial charge in [-0.05, 0) is 19.1 Å². The summed E-state index contributed by atoms with van der Waals surface area (Å²) in [5, 5.41) is 0.840. The van der Waals surface area contributed by atoms with Crippen LogP contribution in [0.5, 0.6) is 0 Å². The summed E-state index contributed by atoms with van der Waals surface area (Å²) < 4.78 is 5.28. The fraction of sp³-hybridized carbons (Fsp3) is 0.357. The summed E-state index contributed by atoms with van der Waals surface area (Å²) >= 11 is 1.43. The molecule has 1 aliphatic rings. The largest absolute Gasteiger partial charge is 0.378 e. The molecule has 2 aromatic heterocycles. The molecule has 3 heterocycles. The number of aryl methyl sites for hydroxylation is 1. The molecule has 0 bridgehead atoms. The van der Waals surface area contributed by atoms with E-state index in [1.165, 1.54) is 11.3 Å². The summed E-state index contributed by atoms with van der Waals surface area (Å²) in [5.41, 5.74) is 1.73. The Morgan fingerprint density at radius 3 is 2.90 bits per heavy atom. The third-order valence-corrected chi connectivity index (χ3v) is 4.39. The summed E-state index contributed by atoms with van der Waals surface area (Å²) in [4.78, 5) is 23.6. The average Bonchev–Trinajstić information content (AvgIpc) is 2.90. The van der Waals surface area contributed by atoms with Crippen molar-refractivity contribution in [1.29, 1.82) is 0 Å². The van der Waals surface area contributed by atoms with Gasteiger partial charge in [0.05, 0.1) is 18.9 Å². The highest BCUT2D eigenvalue weighted by Gasteiger charge is 2.23. The van der Waals surface area contributed by atoms with E-state index in [4.69, 9.17) is 4.74 Å². The summed E-state index contributed by atoms with van der Waals surface area (Å²) in [6.07, 6.45) is 3.49. The molecule has 1 fully saturated rings. The smallest absolute Gasteiger partial charge is 0.266 e. The lowest BCUT2D eigenvalue weighted by atomic mass is 10.3. The summed E-state index contributed by atoms with van der Waals surface area (Å²) in [7, 11) is 0. The zero-order valence-electron chi connectivity index (χ0n) is 11.2. The maximum absolute atomic E-state index is 12.5. The summed E-state index contributed by atoms with van der Waals surface area (Å²) in [6.45, 7) is 4.40. The first-order valence-corrected chi connectivity index (χ1v) is 7.32. The van der Waals surface area contributed by atoms with Crippen LogP contribution in [0.15, 0.2) is 24.5 Å². The van der Waals surface area contributed by atoms with Crippen LogP contribution in [-0.2, 0) is 4.74 Å². The highest BCUT2D eigenvalue weighted by atomic mass is 32.1. The quantitative estimate of drug-likeness (QED) is 0.848. The number of carbonyl (C=O) groups is 1. The van der Waals surface area contributed by atoms with E-state index in [-0.39, 0.29) is 5.91 Å². The molecule has 1 amide bonds. The molecule has 1 saturated heterocycles. The zero-order chi connectivity index (χ0) is 13.9. The Labute approximate surface area is 121 Å². The van der Waals surface area contributed by atoms with Crippen LogP contribution in [0.2, 0.25) is 0 Å². The maximum atomic E-state index is 12.5.